The van der Waals surface area contributed by atoms with Crippen LogP contribution in [0.1, 0.15) is 12.2 Å². The average molecular weight is 304 g/mol. The lowest BCUT2D eigenvalue weighted by Crippen LogP contribution is -2.01. The van der Waals surface area contributed by atoms with Crippen molar-refractivity contribution in [2.24, 2.45) is 0 Å². The highest BCUT2D eigenvalue weighted by molar-refractivity contribution is 9.10. The Balaban J connectivity index is 2.43. The molecule has 0 aromatic carbocycles. The number of hydrogen-bond acceptors (Lipinski definition) is 2. The number of carbonyl (C=O) groups is 1. The number of aromatic nitrogens is 2. The highest BCUT2D eigenvalue weighted by Crippen LogP contribution is 2.22. The van der Waals surface area contributed by atoms with Crippen LogP contribution in [0.15, 0.2) is 22.8 Å². The maximum atomic E-state index is 10.5. The van der Waals surface area contributed by atoms with Gasteiger partial charge in [0.25, 0.3) is 0 Å². The number of halogens is 2. The van der Waals surface area contributed by atoms with Gasteiger partial charge < -0.3 is 9.51 Å². The van der Waals surface area contributed by atoms with Gasteiger partial charge in [0.05, 0.1) is 11.9 Å². The van der Waals surface area contributed by atoms with E-state index in [1.165, 1.54) is 0 Å². The van der Waals surface area contributed by atoms with E-state index in [-0.39, 0.29) is 6.42 Å². The number of pyridine rings is 1. The summed E-state index contributed by atoms with van der Waals surface area (Å²) in [5.74, 6) is -0.181. The van der Waals surface area contributed by atoms with E-state index >= 15 is 0 Å². The molecule has 4 nitrogen and oxygen atoms in total. The summed E-state index contributed by atoms with van der Waals surface area (Å²) in [6.45, 7) is 0. The Morgan fingerprint density at radius 2 is 2.38 bits per heavy atom. The van der Waals surface area contributed by atoms with Gasteiger partial charge >= 0.3 is 5.97 Å². The minimum absolute atomic E-state index is 0.0471. The molecule has 2 heterocycles. The first kappa shape index (κ1) is 11.4. The minimum Gasteiger partial charge on any atom is -0.481 e. The molecule has 0 unspecified atom stereocenters. The summed E-state index contributed by atoms with van der Waals surface area (Å²) in [4.78, 5) is 14.6. The van der Waals surface area contributed by atoms with Crippen LogP contribution < -0.4 is 0 Å². The number of carboxylic acid groups (broad SMARTS) is 1. The normalized spacial score (nSPS) is 10.9. The highest BCUT2D eigenvalue weighted by atomic mass is 79.9. The van der Waals surface area contributed by atoms with Crippen LogP contribution in [0.4, 0.5) is 0 Å². The fourth-order valence-electron chi connectivity index (χ4n) is 1.48. The van der Waals surface area contributed by atoms with Crippen molar-refractivity contribution in [1.82, 2.24) is 9.38 Å². The molecule has 2 aromatic rings. The second-order valence-corrected chi connectivity index (χ2v) is 4.59. The molecule has 6 heteroatoms. The molecule has 0 saturated carbocycles. The molecule has 0 aliphatic rings. The number of rotatable bonds is 3. The SMILES string of the molecule is O=C(O)CCc1nc(Cl)c2cc(Br)ccn12. The second kappa shape index (κ2) is 4.43. The summed E-state index contributed by atoms with van der Waals surface area (Å²) in [6, 6.07) is 3.70. The molecule has 0 fully saturated rings. The fraction of sp³-hybridized carbons (Fsp3) is 0.200. The summed E-state index contributed by atoms with van der Waals surface area (Å²) in [6.07, 6.45) is 2.23. The molecular weight excluding hydrogens is 295 g/mol. The highest BCUT2D eigenvalue weighted by Gasteiger charge is 2.10. The number of carboxylic acids is 1. The van der Waals surface area contributed by atoms with Crippen molar-refractivity contribution in [1.29, 1.82) is 0 Å². The van der Waals surface area contributed by atoms with Gasteiger partial charge in [0.15, 0.2) is 5.15 Å². The third-order valence-corrected chi connectivity index (χ3v) is 2.97. The van der Waals surface area contributed by atoms with Crippen molar-refractivity contribution in [2.45, 2.75) is 12.8 Å². The number of fused-ring (bicyclic) bond motifs is 1. The van der Waals surface area contributed by atoms with E-state index in [9.17, 15) is 4.79 Å². The number of nitrogens with zero attached hydrogens (tertiary/aromatic N) is 2. The predicted molar refractivity (Wildman–Crippen MR) is 63.9 cm³/mol. The Kier molecular flexibility index (Phi) is 3.16. The Morgan fingerprint density at radius 3 is 3.06 bits per heavy atom. The minimum atomic E-state index is -0.843. The quantitative estimate of drug-likeness (QED) is 0.948. The molecule has 2 aromatic heterocycles. The van der Waals surface area contributed by atoms with Crippen molar-refractivity contribution in [3.8, 4) is 0 Å². The summed E-state index contributed by atoms with van der Waals surface area (Å²) in [5.41, 5.74) is 0.774. The first-order chi connectivity index (χ1) is 7.58. The lowest BCUT2D eigenvalue weighted by atomic mass is 10.3. The van der Waals surface area contributed by atoms with Gasteiger partial charge in [0, 0.05) is 17.1 Å². The van der Waals surface area contributed by atoms with Gasteiger partial charge in [-0.1, -0.05) is 27.5 Å². The number of hydrogen-bond donors (Lipinski definition) is 1. The van der Waals surface area contributed by atoms with E-state index < -0.39 is 5.97 Å². The summed E-state index contributed by atoms with van der Waals surface area (Å²) in [7, 11) is 0. The van der Waals surface area contributed by atoms with Gasteiger partial charge in [0.1, 0.15) is 5.82 Å². The molecule has 2 rings (SSSR count). The molecule has 84 valence electrons. The maximum Gasteiger partial charge on any atom is 0.303 e. The van der Waals surface area contributed by atoms with Crippen molar-refractivity contribution >= 4 is 39.0 Å². The molecule has 16 heavy (non-hydrogen) atoms. The number of imidazole rings is 1. The zero-order valence-electron chi connectivity index (χ0n) is 8.15. The third kappa shape index (κ3) is 2.20. The smallest absolute Gasteiger partial charge is 0.303 e. The van der Waals surface area contributed by atoms with Crippen LogP contribution in [0.3, 0.4) is 0 Å². The van der Waals surface area contributed by atoms with Crippen LogP contribution in [-0.4, -0.2) is 20.5 Å². The van der Waals surface area contributed by atoms with Crippen molar-refractivity contribution in [2.75, 3.05) is 0 Å². The number of aryl methyl sites for hydroxylation is 1. The predicted octanol–water partition coefficient (Wildman–Crippen LogP) is 2.77. The van der Waals surface area contributed by atoms with E-state index in [2.05, 4.69) is 20.9 Å². The second-order valence-electron chi connectivity index (χ2n) is 3.31. The molecular formula is C10H8BrClN2O2. The topological polar surface area (TPSA) is 54.6 Å². The van der Waals surface area contributed by atoms with Gasteiger partial charge in [-0.3, -0.25) is 4.79 Å². The van der Waals surface area contributed by atoms with Crippen LogP contribution >= 0.6 is 27.5 Å². The van der Waals surface area contributed by atoms with E-state index in [4.69, 9.17) is 16.7 Å². The molecule has 0 saturated heterocycles. The monoisotopic (exact) mass is 302 g/mol. The third-order valence-electron chi connectivity index (χ3n) is 2.20. The molecule has 0 aliphatic carbocycles. The lowest BCUT2D eigenvalue weighted by molar-refractivity contribution is -0.137. The van der Waals surface area contributed by atoms with Gasteiger partial charge in [-0.05, 0) is 12.1 Å². The fourth-order valence-corrected chi connectivity index (χ4v) is 2.06. The van der Waals surface area contributed by atoms with Gasteiger partial charge in [-0.25, -0.2) is 4.98 Å². The summed E-state index contributed by atoms with van der Waals surface area (Å²) < 4.78 is 2.71. The molecule has 0 radical (unpaired) electrons. The Morgan fingerprint density at radius 1 is 1.62 bits per heavy atom. The maximum absolute atomic E-state index is 10.5. The molecule has 0 bridgehead atoms. The van der Waals surface area contributed by atoms with E-state index in [0.717, 1.165) is 9.99 Å². The van der Waals surface area contributed by atoms with Crippen LogP contribution in [0.25, 0.3) is 5.52 Å². The molecule has 1 N–H and O–H groups in total. The van der Waals surface area contributed by atoms with Crippen molar-refractivity contribution in [3.05, 3.63) is 33.8 Å². The first-order valence-electron chi connectivity index (χ1n) is 4.61. The zero-order chi connectivity index (χ0) is 11.7. The Bertz CT molecular complexity index is 553. The van der Waals surface area contributed by atoms with Gasteiger partial charge in [-0.2, -0.15) is 0 Å². The number of aliphatic carboxylic acids is 1. The van der Waals surface area contributed by atoms with Crippen molar-refractivity contribution < 1.29 is 9.90 Å². The van der Waals surface area contributed by atoms with E-state index in [1.807, 2.05) is 18.3 Å². The Labute approximate surface area is 105 Å². The van der Waals surface area contributed by atoms with Gasteiger partial charge in [0.2, 0.25) is 0 Å². The Hall–Kier alpha value is -1.07. The van der Waals surface area contributed by atoms with Crippen LogP contribution in [0, 0.1) is 0 Å². The molecule has 0 amide bonds. The van der Waals surface area contributed by atoms with Crippen LogP contribution in [0.5, 0.6) is 0 Å². The summed E-state index contributed by atoms with van der Waals surface area (Å²) in [5, 5.41) is 9.01. The van der Waals surface area contributed by atoms with Crippen LogP contribution in [-0.2, 0) is 11.2 Å². The largest absolute Gasteiger partial charge is 0.481 e. The lowest BCUT2D eigenvalue weighted by Gasteiger charge is -1.99. The summed E-state index contributed by atoms with van der Waals surface area (Å²) >= 11 is 9.31. The standard InChI is InChI=1S/C10H8BrClN2O2/c11-6-3-4-14-7(5-6)10(12)13-8(14)1-2-9(15)16/h3-5H,1-2H2,(H,15,16). The van der Waals surface area contributed by atoms with E-state index in [0.29, 0.717) is 17.4 Å². The molecule has 0 atom stereocenters. The van der Waals surface area contributed by atoms with Crippen molar-refractivity contribution in [3.63, 3.8) is 0 Å². The molecule has 0 aliphatic heterocycles. The average Bonchev–Trinajstić information content (AvgIpc) is 2.53. The van der Waals surface area contributed by atoms with Gasteiger partial charge in [-0.15, -0.1) is 0 Å². The first-order valence-corrected chi connectivity index (χ1v) is 5.79. The zero-order valence-corrected chi connectivity index (χ0v) is 10.5. The van der Waals surface area contributed by atoms with Crippen LogP contribution in [0.2, 0.25) is 5.15 Å². The van der Waals surface area contributed by atoms with E-state index in [1.54, 1.807) is 4.40 Å². The molecule has 0 spiro atoms.